The summed E-state index contributed by atoms with van der Waals surface area (Å²) in [6, 6.07) is 2.13. The lowest BCUT2D eigenvalue weighted by atomic mass is 9.97. The zero-order valence-corrected chi connectivity index (χ0v) is 18.7. The predicted octanol–water partition coefficient (Wildman–Crippen LogP) is 2.95. The number of carbonyl (C=O) groups is 1. The minimum atomic E-state index is -4.42. The quantitative estimate of drug-likeness (QED) is 0.201. The Balaban J connectivity index is 0.00000420. The van der Waals surface area contributed by atoms with Gasteiger partial charge >= 0.3 is 12.1 Å². The SMILES string of the molecule is CCOC(=O)C1CCN(C(=NC)NCCOc2ccc(C(F)(F)F)cn2)CC1.I. The first-order valence-corrected chi connectivity index (χ1v) is 9.13. The van der Waals surface area contributed by atoms with Gasteiger partial charge in [0, 0.05) is 32.4 Å². The molecule has 2 heterocycles. The van der Waals surface area contributed by atoms with Gasteiger partial charge in [0.15, 0.2) is 5.96 Å². The number of likely N-dealkylation sites (tertiary alicyclic amines) is 1. The summed E-state index contributed by atoms with van der Waals surface area (Å²) in [5.74, 6) is 0.581. The summed E-state index contributed by atoms with van der Waals surface area (Å²) in [4.78, 5) is 21.7. The Labute approximate surface area is 185 Å². The van der Waals surface area contributed by atoms with Gasteiger partial charge in [-0.2, -0.15) is 13.2 Å². The summed E-state index contributed by atoms with van der Waals surface area (Å²) in [6.07, 6.45) is -2.27. The number of esters is 1. The van der Waals surface area contributed by atoms with Crippen LogP contribution in [-0.4, -0.2) is 61.7 Å². The molecular weight excluding hydrogens is 504 g/mol. The molecule has 0 saturated carbocycles. The number of rotatable bonds is 6. The second kappa shape index (κ2) is 12.0. The number of pyridine rings is 1. The van der Waals surface area contributed by atoms with Crippen LogP contribution in [0.5, 0.6) is 5.88 Å². The highest BCUT2D eigenvalue weighted by Crippen LogP contribution is 2.29. The molecule has 29 heavy (non-hydrogen) atoms. The lowest BCUT2D eigenvalue weighted by molar-refractivity contribution is -0.149. The van der Waals surface area contributed by atoms with E-state index < -0.39 is 11.7 Å². The summed E-state index contributed by atoms with van der Waals surface area (Å²) in [6.45, 7) is 4.18. The van der Waals surface area contributed by atoms with E-state index in [0.717, 1.165) is 12.3 Å². The topological polar surface area (TPSA) is 76.0 Å². The van der Waals surface area contributed by atoms with Crippen molar-refractivity contribution < 1.29 is 27.4 Å². The zero-order valence-electron chi connectivity index (χ0n) is 16.4. The van der Waals surface area contributed by atoms with Crippen molar-refractivity contribution in [2.45, 2.75) is 25.9 Å². The molecule has 1 fully saturated rings. The standard InChI is InChI=1S/C18H25F3N4O3.HI/c1-3-27-16(26)13-6-9-25(10-7-13)17(22-2)23-8-11-28-15-5-4-14(12-24-15)18(19,20)21;/h4-5,12-13H,3,6-11H2,1-2H3,(H,22,23);1H. The van der Waals surface area contributed by atoms with Crippen LogP contribution in [0.25, 0.3) is 0 Å². The van der Waals surface area contributed by atoms with Gasteiger partial charge in [-0.1, -0.05) is 0 Å². The molecule has 1 aromatic rings. The number of piperidine rings is 1. The maximum atomic E-state index is 12.5. The predicted molar refractivity (Wildman–Crippen MR) is 112 cm³/mol. The van der Waals surface area contributed by atoms with Crippen LogP contribution in [0.2, 0.25) is 0 Å². The van der Waals surface area contributed by atoms with Crippen LogP contribution < -0.4 is 10.1 Å². The number of ether oxygens (including phenoxy) is 2. The van der Waals surface area contributed by atoms with E-state index in [1.165, 1.54) is 6.07 Å². The third-order valence-corrected chi connectivity index (χ3v) is 4.33. The van der Waals surface area contributed by atoms with Gasteiger partial charge in [0.05, 0.1) is 24.6 Å². The van der Waals surface area contributed by atoms with Crippen LogP contribution in [0, 0.1) is 5.92 Å². The molecular formula is C18H26F3IN4O3. The van der Waals surface area contributed by atoms with Crippen molar-refractivity contribution in [2.24, 2.45) is 10.9 Å². The first kappa shape index (κ1) is 25.2. The summed E-state index contributed by atoms with van der Waals surface area (Å²) in [5, 5.41) is 3.14. The molecule has 0 aliphatic carbocycles. The van der Waals surface area contributed by atoms with E-state index in [9.17, 15) is 18.0 Å². The molecule has 1 aromatic heterocycles. The van der Waals surface area contributed by atoms with E-state index in [1.54, 1.807) is 14.0 Å². The molecule has 0 atom stereocenters. The Hall–Kier alpha value is -1.79. The van der Waals surface area contributed by atoms with Gasteiger partial charge in [-0.25, -0.2) is 4.98 Å². The molecule has 1 aliphatic rings. The van der Waals surface area contributed by atoms with Crippen molar-refractivity contribution in [2.75, 3.05) is 39.9 Å². The van der Waals surface area contributed by atoms with Gasteiger partial charge in [0.25, 0.3) is 0 Å². The fraction of sp³-hybridized carbons (Fsp3) is 0.611. The minimum absolute atomic E-state index is 0. The average molecular weight is 530 g/mol. The normalized spacial score (nSPS) is 15.5. The Bertz CT molecular complexity index is 663. The maximum absolute atomic E-state index is 12.5. The number of halogens is 4. The molecule has 0 unspecified atom stereocenters. The van der Waals surface area contributed by atoms with Crippen molar-refractivity contribution in [1.82, 2.24) is 15.2 Å². The Morgan fingerprint density at radius 2 is 2.03 bits per heavy atom. The van der Waals surface area contributed by atoms with E-state index in [-0.39, 0.29) is 48.4 Å². The molecule has 2 rings (SSSR count). The number of aliphatic imine (C=N–C) groups is 1. The lowest BCUT2D eigenvalue weighted by Crippen LogP contribution is -2.47. The number of guanidine groups is 1. The molecule has 0 aromatic carbocycles. The summed E-state index contributed by atoms with van der Waals surface area (Å²) in [5.41, 5.74) is -0.815. The van der Waals surface area contributed by atoms with E-state index in [2.05, 4.69) is 15.3 Å². The highest BCUT2D eigenvalue weighted by Gasteiger charge is 2.30. The third-order valence-electron chi connectivity index (χ3n) is 4.33. The van der Waals surface area contributed by atoms with Crippen LogP contribution in [0.4, 0.5) is 13.2 Å². The van der Waals surface area contributed by atoms with Gasteiger partial charge in [-0.15, -0.1) is 24.0 Å². The maximum Gasteiger partial charge on any atom is 0.417 e. The Morgan fingerprint density at radius 1 is 1.34 bits per heavy atom. The Morgan fingerprint density at radius 3 is 2.55 bits per heavy atom. The molecule has 1 aliphatic heterocycles. The van der Waals surface area contributed by atoms with E-state index in [4.69, 9.17) is 9.47 Å². The molecule has 0 spiro atoms. The largest absolute Gasteiger partial charge is 0.476 e. The van der Waals surface area contributed by atoms with Crippen LogP contribution >= 0.6 is 24.0 Å². The third kappa shape index (κ3) is 7.86. The molecule has 0 radical (unpaired) electrons. The number of aromatic nitrogens is 1. The van der Waals surface area contributed by atoms with Gasteiger partial charge < -0.3 is 19.7 Å². The zero-order chi connectivity index (χ0) is 20.6. The summed E-state index contributed by atoms with van der Waals surface area (Å²) >= 11 is 0. The number of nitrogens with zero attached hydrogens (tertiary/aromatic N) is 3. The minimum Gasteiger partial charge on any atom is -0.476 e. The molecule has 164 valence electrons. The van der Waals surface area contributed by atoms with Crippen LogP contribution in [0.15, 0.2) is 23.3 Å². The van der Waals surface area contributed by atoms with E-state index in [1.807, 2.05) is 4.90 Å². The second-order valence-corrected chi connectivity index (χ2v) is 6.22. The van der Waals surface area contributed by atoms with Gasteiger partial charge in [0.2, 0.25) is 5.88 Å². The van der Waals surface area contributed by atoms with Crippen molar-refractivity contribution in [3.05, 3.63) is 23.9 Å². The first-order valence-electron chi connectivity index (χ1n) is 9.13. The molecule has 1 saturated heterocycles. The van der Waals surface area contributed by atoms with Crippen molar-refractivity contribution >= 4 is 35.9 Å². The molecule has 1 N–H and O–H groups in total. The average Bonchev–Trinajstić information content (AvgIpc) is 2.68. The number of hydrogen-bond donors (Lipinski definition) is 1. The first-order chi connectivity index (χ1) is 13.3. The lowest BCUT2D eigenvalue weighted by Gasteiger charge is -2.33. The number of carbonyl (C=O) groups excluding carboxylic acids is 1. The monoisotopic (exact) mass is 530 g/mol. The van der Waals surface area contributed by atoms with Gasteiger partial charge in [-0.05, 0) is 25.8 Å². The van der Waals surface area contributed by atoms with Gasteiger partial charge in [-0.3, -0.25) is 9.79 Å². The molecule has 0 bridgehead atoms. The van der Waals surface area contributed by atoms with E-state index >= 15 is 0 Å². The number of hydrogen-bond acceptors (Lipinski definition) is 5. The fourth-order valence-electron chi connectivity index (χ4n) is 2.87. The number of nitrogens with one attached hydrogen (secondary N) is 1. The molecule has 11 heteroatoms. The van der Waals surface area contributed by atoms with Crippen molar-refractivity contribution in [1.29, 1.82) is 0 Å². The van der Waals surface area contributed by atoms with Crippen molar-refractivity contribution in [3.63, 3.8) is 0 Å². The smallest absolute Gasteiger partial charge is 0.417 e. The number of alkyl halides is 3. The van der Waals surface area contributed by atoms with Gasteiger partial charge in [0.1, 0.15) is 6.61 Å². The fourth-order valence-corrected chi connectivity index (χ4v) is 2.87. The molecule has 0 amide bonds. The summed E-state index contributed by atoms with van der Waals surface area (Å²) in [7, 11) is 1.66. The van der Waals surface area contributed by atoms with Crippen LogP contribution in [-0.2, 0) is 15.7 Å². The summed E-state index contributed by atoms with van der Waals surface area (Å²) < 4.78 is 47.9. The molecule has 7 nitrogen and oxygen atoms in total. The van der Waals surface area contributed by atoms with Crippen molar-refractivity contribution in [3.8, 4) is 5.88 Å². The Kier molecular flexibility index (Phi) is 10.5. The van der Waals surface area contributed by atoms with Crippen LogP contribution in [0.1, 0.15) is 25.3 Å². The van der Waals surface area contributed by atoms with Crippen LogP contribution in [0.3, 0.4) is 0 Å². The highest BCUT2D eigenvalue weighted by molar-refractivity contribution is 14.0. The second-order valence-electron chi connectivity index (χ2n) is 6.22. The van der Waals surface area contributed by atoms with E-state index in [0.29, 0.717) is 45.0 Å². The highest BCUT2D eigenvalue weighted by atomic mass is 127.